The van der Waals surface area contributed by atoms with Crippen molar-refractivity contribution in [1.82, 2.24) is 15.2 Å². The molecule has 122 valence electrons. The van der Waals surface area contributed by atoms with E-state index >= 15 is 0 Å². The number of piperidine rings is 1. The number of hydrogen-bond donors (Lipinski definition) is 1. The highest BCUT2D eigenvalue weighted by Crippen LogP contribution is 2.42. The summed E-state index contributed by atoms with van der Waals surface area (Å²) in [7, 11) is 2.35. The van der Waals surface area contributed by atoms with E-state index in [4.69, 9.17) is 0 Å². The molecule has 3 fully saturated rings. The van der Waals surface area contributed by atoms with Gasteiger partial charge in [0.15, 0.2) is 5.13 Å². The molecule has 4 nitrogen and oxygen atoms in total. The maximum absolute atomic E-state index is 4.45. The molecule has 5 heteroatoms. The molecule has 1 N–H and O–H groups in total. The summed E-state index contributed by atoms with van der Waals surface area (Å²) in [5, 5.41) is 7.34. The molecule has 0 amide bonds. The van der Waals surface area contributed by atoms with Crippen LogP contribution < -0.4 is 10.2 Å². The number of hydrogen-bond acceptors (Lipinski definition) is 5. The summed E-state index contributed by atoms with van der Waals surface area (Å²) in [6.45, 7) is 3.58. The lowest BCUT2D eigenvalue weighted by molar-refractivity contribution is 0.141. The third-order valence-electron chi connectivity index (χ3n) is 6.25. The maximum atomic E-state index is 4.45. The first-order chi connectivity index (χ1) is 10.8. The first-order valence-electron chi connectivity index (χ1n) is 8.90. The van der Waals surface area contributed by atoms with Gasteiger partial charge < -0.3 is 10.2 Å². The predicted molar refractivity (Wildman–Crippen MR) is 92.7 cm³/mol. The van der Waals surface area contributed by atoms with Crippen LogP contribution in [0.5, 0.6) is 0 Å². The van der Waals surface area contributed by atoms with E-state index in [2.05, 4.69) is 32.5 Å². The zero-order valence-corrected chi connectivity index (χ0v) is 14.4. The maximum Gasteiger partial charge on any atom is 0.185 e. The molecule has 0 radical (unpaired) electrons. The molecular weight excluding hydrogens is 292 g/mol. The number of aromatic nitrogens is 1. The van der Waals surface area contributed by atoms with Crippen molar-refractivity contribution in [3.05, 3.63) is 11.6 Å². The number of nitrogens with one attached hydrogen (secondary N) is 1. The van der Waals surface area contributed by atoms with Crippen molar-refractivity contribution in [2.75, 3.05) is 31.6 Å². The fourth-order valence-corrected chi connectivity index (χ4v) is 5.63. The molecule has 1 saturated carbocycles. The Kier molecular flexibility index (Phi) is 4.13. The van der Waals surface area contributed by atoms with Crippen molar-refractivity contribution in [2.45, 2.75) is 62.6 Å². The monoisotopic (exact) mass is 320 g/mol. The van der Waals surface area contributed by atoms with Gasteiger partial charge in [0, 0.05) is 42.3 Å². The van der Waals surface area contributed by atoms with Gasteiger partial charge in [0.2, 0.25) is 0 Å². The average molecular weight is 321 g/mol. The fraction of sp³-hybridized carbons (Fsp3) is 0.824. The second-order valence-electron chi connectivity index (χ2n) is 7.32. The fourth-order valence-electron chi connectivity index (χ4n) is 4.93. The van der Waals surface area contributed by atoms with Crippen LogP contribution in [0.4, 0.5) is 5.13 Å². The van der Waals surface area contributed by atoms with E-state index in [1.54, 1.807) is 11.3 Å². The predicted octanol–water partition coefficient (Wildman–Crippen LogP) is 2.72. The Morgan fingerprint density at radius 2 is 1.95 bits per heavy atom. The lowest BCUT2D eigenvalue weighted by Gasteiger charge is -2.41. The van der Waals surface area contributed by atoms with Crippen molar-refractivity contribution >= 4 is 16.5 Å². The molecule has 22 heavy (non-hydrogen) atoms. The van der Waals surface area contributed by atoms with Gasteiger partial charge in [-0.05, 0) is 45.7 Å². The van der Waals surface area contributed by atoms with Crippen LogP contribution in [0.1, 0.15) is 44.9 Å². The number of thiazole rings is 1. The van der Waals surface area contributed by atoms with Crippen LogP contribution in [-0.2, 0) is 0 Å². The highest BCUT2D eigenvalue weighted by molar-refractivity contribution is 7.13. The highest BCUT2D eigenvalue weighted by atomic mass is 32.1. The second-order valence-corrected chi connectivity index (χ2v) is 8.19. The van der Waals surface area contributed by atoms with E-state index in [-0.39, 0.29) is 0 Å². The molecule has 1 aromatic heterocycles. The Labute approximate surface area is 137 Å². The van der Waals surface area contributed by atoms with Gasteiger partial charge >= 0.3 is 0 Å². The summed E-state index contributed by atoms with van der Waals surface area (Å²) in [5.41, 5.74) is 0.479. The van der Waals surface area contributed by atoms with E-state index in [1.807, 2.05) is 6.20 Å². The molecule has 0 aromatic carbocycles. The Morgan fingerprint density at radius 1 is 1.18 bits per heavy atom. The quantitative estimate of drug-likeness (QED) is 0.928. The first kappa shape index (κ1) is 14.9. The minimum Gasteiger partial charge on any atom is -0.348 e. The van der Waals surface area contributed by atoms with Gasteiger partial charge in [-0.2, -0.15) is 0 Å². The molecule has 4 rings (SSSR count). The third kappa shape index (κ3) is 2.57. The van der Waals surface area contributed by atoms with Crippen LogP contribution in [0.25, 0.3) is 0 Å². The van der Waals surface area contributed by atoms with Crippen molar-refractivity contribution in [3.8, 4) is 0 Å². The van der Waals surface area contributed by atoms with E-state index in [9.17, 15) is 0 Å². The zero-order chi connectivity index (χ0) is 15.0. The van der Waals surface area contributed by atoms with Gasteiger partial charge in [0.25, 0.3) is 0 Å². The summed E-state index contributed by atoms with van der Waals surface area (Å²) in [5.74, 6) is 0. The van der Waals surface area contributed by atoms with Gasteiger partial charge in [0.1, 0.15) is 0 Å². The molecule has 0 bridgehead atoms. The zero-order valence-electron chi connectivity index (χ0n) is 13.6. The van der Waals surface area contributed by atoms with Crippen molar-refractivity contribution in [2.24, 2.45) is 0 Å². The van der Waals surface area contributed by atoms with E-state index in [0.717, 1.165) is 19.1 Å². The molecular formula is C17H28N4S. The summed E-state index contributed by atoms with van der Waals surface area (Å²) in [4.78, 5) is 9.56. The highest BCUT2D eigenvalue weighted by Gasteiger charge is 2.48. The molecule has 1 unspecified atom stereocenters. The van der Waals surface area contributed by atoms with Gasteiger partial charge in [-0.3, -0.25) is 4.90 Å². The van der Waals surface area contributed by atoms with E-state index in [1.165, 1.54) is 56.6 Å². The van der Waals surface area contributed by atoms with Gasteiger partial charge in [0.05, 0.1) is 0 Å². The number of likely N-dealkylation sites (tertiary alicyclic amines) is 1. The minimum atomic E-state index is 0.479. The molecule has 3 aliphatic rings. The Balaban J connectivity index is 1.35. The molecule has 2 saturated heterocycles. The van der Waals surface area contributed by atoms with Crippen LogP contribution in [0.3, 0.4) is 0 Å². The summed E-state index contributed by atoms with van der Waals surface area (Å²) >= 11 is 1.77. The molecule has 2 aliphatic heterocycles. The van der Waals surface area contributed by atoms with Crippen LogP contribution in [0, 0.1) is 0 Å². The number of nitrogens with zero attached hydrogens (tertiary/aromatic N) is 3. The van der Waals surface area contributed by atoms with Gasteiger partial charge in [-0.25, -0.2) is 4.98 Å². The molecule has 1 atom stereocenters. The van der Waals surface area contributed by atoms with E-state index in [0.29, 0.717) is 11.6 Å². The van der Waals surface area contributed by atoms with Gasteiger partial charge in [-0.15, -0.1) is 11.3 Å². The van der Waals surface area contributed by atoms with Crippen LogP contribution in [0.15, 0.2) is 11.6 Å². The lowest BCUT2D eigenvalue weighted by atomic mass is 9.88. The van der Waals surface area contributed by atoms with Crippen molar-refractivity contribution in [1.29, 1.82) is 0 Å². The third-order valence-corrected chi connectivity index (χ3v) is 7.09. The number of likely N-dealkylation sites (N-methyl/N-ethyl adjacent to an activating group) is 1. The number of anilines is 1. The Morgan fingerprint density at radius 3 is 2.64 bits per heavy atom. The first-order valence-corrected chi connectivity index (χ1v) is 9.78. The molecule has 1 aromatic rings. The SMILES string of the molecule is CN1CCC(NC2CCN(c3nccs3)CC2)C12CCCC2. The molecule has 3 heterocycles. The molecule has 1 spiro atoms. The molecule has 1 aliphatic carbocycles. The van der Waals surface area contributed by atoms with Crippen LogP contribution in [0.2, 0.25) is 0 Å². The van der Waals surface area contributed by atoms with Crippen molar-refractivity contribution < 1.29 is 0 Å². The normalized spacial score (nSPS) is 29.7. The minimum absolute atomic E-state index is 0.479. The standard InChI is InChI=1S/C17H28N4S/c1-20-10-6-15(17(20)7-2-3-8-17)19-14-4-11-21(12-5-14)16-18-9-13-22-16/h9,13-15,19H,2-8,10-12H2,1H3. The topological polar surface area (TPSA) is 31.4 Å². The lowest BCUT2D eigenvalue weighted by Crippen LogP contribution is -2.56. The second kappa shape index (κ2) is 6.10. The summed E-state index contributed by atoms with van der Waals surface area (Å²) in [6, 6.07) is 1.42. The smallest absolute Gasteiger partial charge is 0.185 e. The van der Waals surface area contributed by atoms with Crippen LogP contribution >= 0.6 is 11.3 Å². The van der Waals surface area contributed by atoms with Gasteiger partial charge in [-0.1, -0.05) is 12.8 Å². The largest absolute Gasteiger partial charge is 0.348 e. The Hall–Kier alpha value is -0.650. The summed E-state index contributed by atoms with van der Waals surface area (Å²) in [6.07, 6.45) is 11.4. The number of rotatable bonds is 3. The van der Waals surface area contributed by atoms with Crippen molar-refractivity contribution in [3.63, 3.8) is 0 Å². The average Bonchev–Trinajstić information content (AvgIpc) is 3.27. The summed E-state index contributed by atoms with van der Waals surface area (Å²) < 4.78 is 0. The van der Waals surface area contributed by atoms with E-state index < -0.39 is 0 Å². The Bertz CT molecular complexity index is 475. The van der Waals surface area contributed by atoms with Crippen LogP contribution in [-0.4, -0.2) is 54.2 Å².